The van der Waals surface area contributed by atoms with Gasteiger partial charge < -0.3 is 5.73 Å². The molecule has 0 saturated carbocycles. The van der Waals surface area contributed by atoms with Crippen molar-refractivity contribution in [3.05, 3.63) is 28.7 Å². The fourth-order valence-corrected chi connectivity index (χ4v) is 2.69. The van der Waals surface area contributed by atoms with Crippen LogP contribution in [0.2, 0.25) is 0 Å². The topological polar surface area (TPSA) is 49.8 Å². The normalized spacial score (nSPS) is 14.3. The minimum absolute atomic E-state index is 0.695. The van der Waals surface area contributed by atoms with Crippen molar-refractivity contribution in [2.24, 2.45) is 5.73 Å². The number of thioether (sulfide) groups is 1. The summed E-state index contributed by atoms with van der Waals surface area (Å²) in [6.07, 6.45) is 0.695. The maximum atomic E-state index is 8.74. The van der Waals surface area contributed by atoms with Gasteiger partial charge in [0.15, 0.2) is 0 Å². The van der Waals surface area contributed by atoms with Gasteiger partial charge in [-0.3, -0.25) is 0 Å². The summed E-state index contributed by atoms with van der Waals surface area (Å²) in [4.78, 5) is 1.19. The van der Waals surface area contributed by atoms with Gasteiger partial charge in [0.2, 0.25) is 0 Å². The van der Waals surface area contributed by atoms with E-state index in [1.807, 2.05) is 12.1 Å². The molecular formula is C11H13BrN2S. The molecule has 1 atom stereocenters. The van der Waals surface area contributed by atoms with Gasteiger partial charge in [0, 0.05) is 15.1 Å². The first-order chi connectivity index (χ1) is 7.03. The minimum atomic E-state index is -0.709. The SMILES string of the molecule is CC(N)(C#N)CCSc1cccc(Br)c1. The second-order valence-corrected chi connectivity index (χ2v) is 5.67. The van der Waals surface area contributed by atoms with E-state index in [1.54, 1.807) is 18.7 Å². The van der Waals surface area contributed by atoms with Crippen LogP contribution in [0.15, 0.2) is 33.6 Å². The van der Waals surface area contributed by atoms with Gasteiger partial charge in [0.05, 0.1) is 6.07 Å². The van der Waals surface area contributed by atoms with Crippen LogP contribution in [-0.2, 0) is 0 Å². The molecule has 0 spiro atoms. The van der Waals surface area contributed by atoms with E-state index < -0.39 is 5.54 Å². The lowest BCUT2D eigenvalue weighted by Crippen LogP contribution is -2.34. The van der Waals surface area contributed by atoms with Crippen molar-refractivity contribution in [3.8, 4) is 6.07 Å². The van der Waals surface area contributed by atoms with Crippen LogP contribution in [0.4, 0.5) is 0 Å². The Morgan fingerprint density at radius 2 is 2.33 bits per heavy atom. The number of nitriles is 1. The molecule has 0 aliphatic heterocycles. The number of nitrogens with zero attached hydrogens (tertiary/aromatic N) is 1. The zero-order chi connectivity index (χ0) is 11.3. The summed E-state index contributed by atoms with van der Waals surface area (Å²) in [5, 5.41) is 8.74. The minimum Gasteiger partial charge on any atom is -0.314 e. The summed E-state index contributed by atoms with van der Waals surface area (Å²) in [6.45, 7) is 1.76. The Kier molecular flexibility index (Phi) is 4.65. The molecule has 1 aromatic carbocycles. The van der Waals surface area contributed by atoms with Crippen LogP contribution >= 0.6 is 27.7 Å². The zero-order valence-electron chi connectivity index (χ0n) is 8.53. The first kappa shape index (κ1) is 12.6. The lowest BCUT2D eigenvalue weighted by atomic mass is 10.0. The van der Waals surface area contributed by atoms with Gasteiger partial charge in [-0.15, -0.1) is 11.8 Å². The number of hydrogen-bond donors (Lipinski definition) is 1. The van der Waals surface area contributed by atoms with Crippen LogP contribution < -0.4 is 5.73 Å². The highest BCUT2D eigenvalue weighted by atomic mass is 79.9. The average Bonchev–Trinajstić information content (AvgIpc) is 2.18. The molecule has 1 rings (SSSR count). The second kappa shape index (κ2) is 5.55. The smallest absolute Gasteiger partial charge is 0.102 e. The molecular weight excluding hydrogens is 272 g/mol. The Morgan fingerprint density at radius 1 is 1.60 bits per heavy atom. The van der Waals surface area contributed by atoms with E-state index in [2.05, 4.69) is 34.1 Å². The van der Waals surface area contributed by atoms with Crippen LogP contribution in [0.25, 0.3) is 0 Å². The molecule has 0 saturated heterocycles. The molecule has 2 nitrogen and oxygen atoms in total. The standard InChI is InChI=1S/C11H13BrN2S/c1-11(14,8-13)5-6-15-10-4-2-3-9(12)7-10/h2-4,7H,5-6,14H2,1H3. The largest absolute Gasteiger partial charge is 0.314 e. The van der Waals surface area contributed by atoms with Gasteiger partial charge in [-0.2, -0.15) is 5.26 Å². The van der Waals surface area contributed by atoms with Crippen molar-refractivity contribution in [2.75, 3.05) is 5.75 Å². The van der Waals surface area contributed by atoms with E-state index in [9.17, 15) is 0 Å². The molecule has 0 aliphatic carbocycles. The predicted octanol–water partition coefficient (Wildman–Crippen LogP) is 3.17. The third-order valence-electron chi connectivity index (χ3n) is 1.94. The molecule has 80 valence electrons. The van der Waals surface area contributed by atoms with E-state index in [4.69, 9.17) is 11.0 Å². The molecule has 0 radical (unpaired) electrons. The summed E-state index contributed by atoms with van der Waals surface area (Å²) in [5.74, 6) is 0.858. The van der Waals surface area contributed by atoms with Crippen LogP contribution in [0, 0.1) is 11.3 Å². The van der Waals surface area contributed by atoms with Crippen molar-refractivity contribution in [1.29, 1.82) is 5.26 Å². The Balaban J connectivity index is 2.42. The van der Waals surface area contributed by atoms with Gasteiger partial charge in [0.25, 0.3) is 0 Å². The molecule has 2 N–H and O–H groups in total. The van der Waals surface area contributed by atoms with Gasteiger partial charge in [-0.1, -0.05) is 22.0 Å². The Morgan fingerprint density at radius 3 is 2.93 bits per heavy atom. The molecule has 4 heteroatoms. The van der Waals surface area contributed by atoms with Crippen molar-refractivity contribution >= 4 is 27.7 Å². The van der Waals surface area contributed by atoms with Crippen LogP contribution in [0.3, 0.4) is 0 Å². The average molecular weight is 285 g/mol. The molecule has 0 bridgehead atoms. The molecule has 1 aromatic rings. The van der Waals surface area contributed by atoms with E-state index in [0.29, 0.717) is 6.42 Å². The van der Waals surface area contributed by atoms with Crippen molar-refractivity contribution < 1.29 is 0 Å². The molecule has 0 heterocycles. The number of nitrogens with two attached hydrogens (primary N) is 1. The third kappa shape index (κ3) is 4.70. The lowest BCUT2D eigenvalue weighted by molar-refractivity contribution is 0.583. The van der Waals surface area contributed by atoms with Gasteiger partial charge >= 0.3 is 0 Å². The first-order valence-electron chi connectivity index (χ1n) is 4.62. The zero-order valence-corrected chi connectivity index (χ0v) is 10.9. The highest BCUT2D eigenvalue weighted by Crippen LogP contribution is 2.23. The quantitative estimate of drug-likeness (QED) is 0.864. The van der Waals surface area contributed by atoms with Gasteiger partial charge in [-0.25, -0.2) is 0 Å². The van der Waals surface area contributed by atoms with Crippen molar-refractivity contribution in [3.63, 3.8) is 0 Å². The molecule has 15 heavy (non-hydrogen) atoms. The van der Waals surface area contributed by atoms with Crippen LogP contribution in [0.1, 0.15) is 13.3 Å². The maximum absolute atomic E-state index is 8.74. The van der Waals surface area contributed by atoms with E-state index in [0.717, 1.165) is 10.2 Å². The predicted molar refractivity (Wildman–Crippen MR) is 67.7 cm³/mol. The van der Waals surface area contributed by atoms with Gasteiger partial charge in [-0.05, 0) is 31.5 Å². The van der Waals surface area contributed by atoms with Crippen LogP contribution in [-0.4, -0.2) is 11.3 Å². The monoisotopic (exact) mass is 284 g/mol. The molecule has 1 unspecified atom stereocenters. The third-order valence-corrected chi connectivity index (χ3v) is 3.43. The van der Waals surface area contributed by atoms with Crippen LogP contribution in [0.5, 0.6) is 0 Å². The molecule has 0 fully saturated rings. The fourth-order valence-electron chi connectivity index (χ4n) is 0.994. The summed E-state index contributed by atoms with van der Waals surface area (Å²) >= 11 is 5.13. The van der Waals surface area contributed by atoms with Crippen molar-refractivity contribution in [2.45, 2.75) is 23.8 Å². The molecule has 0 aromatic heterocycles. The number of halogens is 1. The number of hydrogen-bond acceptors (Lipinski definition) is 3. The Bertz CT molecular complexity index is 371. The van der Waals surface area contributed by atoms with E-state index >= 15 is 0 Å². The summed E-state index contributed by atoms with van der Waals surface area (Å²) in [7, 11) is 0. The Labute approximate surface area is 103 Å². The van der Waals surface area contributed by atoms with E-state index in [-0.39, 0.29) is 0 Å². The van der Waals surface area contributed by atoms with Gasteiger partial charge in [0.1, 0.15) is 5.54 Å². The van der Waals surface area contributed by atoms with E-state index in [1.165, 1.54) is 4.90 Å². The summed E-state index contributed by atoms with van der Waals surface area (Å²) < 4.78 is 1.07. The number of benzene rings is 1. The lowest BCUT2D eigenvalue weighted by Gasteiger charge is -2.14. The summed E-state index contributed by atoms with van der Waals surface area (Å²) in [6, 6.07) is 10.2. The number of rotatable bonds is 4. The fraction of sp³-hybridized carbons (Fsp3) is 0.364. The highest BCUT2D eigenvalue weighted by molar-refractivity contribution is 9.10. The molecule has 0 aliphatic rings. The first-order valence-corrected chi connectivity index (χ1v) is 6.40. The second-order valence-electron chi connectivity index (χ2n) is 3.59. The maximum Gasteiger partial charge on any atom is 0.102 e. The highest BCUT2D eigenvalue weighted by Gasteiger charge is 2.16. The summed E-state index contributed by atoms with van der Waals surface area (Å²) in [5.41, 5.74) is 5.02. The molecule has 0 amide bonds. The van der Waals surface area contributed by atoms with Crippen molar-refractivity contribution in [1.82, 2.24) is 0 Å². The Hall–Kier alpha value is -0.500.